The lowest BCUT2D eigenvalue weighted by molar-refractivity contribution is -0.240. The first-order valence-corrected chi connectivity index (χ1v) is 9.67. The molecule has 128 valence electrons. The number of esters is 1. The summed E-state index contributed by atoms with van der Waals surface area (Å²) in [6, 6.07) is 0. The maximum absolute atomic E-state index is 12.8. The Kier molecular flexibility index (Phi) is 2.55. The highest BCUT2D eigenvalue weighted by molar-refractivity contribution is 5.76. The van der Waals surface area contributed by atoms with Crippen molar-refractivity contribution >= 4 is 5.97 Å². The largest absolute Gasteiger partial charge is 0.459 e. The van der Waals surface area contributed by atoms with Crippen molar-refractivity contribution in [2.45, 2.75) is 83.3 Å². The van der Waals surface area contributed by atoms with Gasteiger partial charge in [-0.2, -0.15) is 0 Å². The summed E-state index contributed by atoms with van der Waals surface area (Å²) in [4.78, 5) is 12.8. The fourth-order valence-electron chi connectivity index (χ4n) is 7.75. The number of hydrogen-bond acceptors (Lipinski definition) is 3. The van der Waals surface area contributed by atoms with Crippen molar-refractivity contribution in [1.29, 1.82) is 0 Å². The van der Waals surface area contributed by atoms with Gasteiger partial charge in [-0.15, -0.1) is 0 Å². The summed E-state index contributed by atoms with van der Waals surface area (Å²) in [6.07, 6.45) is 8.33. The second kappa shape index (κ2) is 3.98. The summed E-state index contributed by atoms with van der Waals surface area (Å²) < 4.78 is 6.29. The fourth-order valence-corrected chi connectivity index (χ4v) is 7.75. The molecule has 3 nitrogen and oxygen atoms in total. The topological polar surface area (TPSA) is 46.5 Å². The Bertz CT molecular complexity index is 555. The van der Waals surface area contributed by atoms with E-state index in [2.05, 4.69) is 6.92 Å². The normalized spacial score (nSPS) is 55.5. The van der Waals surface area contributed by atoms with E-state index in [0.29, 0.717) is 29.1 Å². The van der Waals surface area contributed by atoms with Crippen LogP contribution in [0, 0.1) is 34.5 Å². The van der Waals surface area contributed by atoms with E-state index in [-0.39, 0.29) is 22.6 Å². The van der Waals surface area contributed by atoms with Crippen molar-refractivity contribution in [3.8, 4) is 0 Å². The van der Waals surface area contributed by atoms with E-state index >= 15 is 0 Å². The minimum Gasteiger partial charge on any atom is -0.459 e. The van der Waals surface area contributed by atoms with Crippen LogP contribution in [0.25, 0.3) is 0 Å². The molecule has 5 bridgehead atoms. The molecular formula is C20H30O3. The van der Waals surface area contributed by atoms with Gasteiger partial charge in [-0.3, -0.25) is 4.79 Å². The van der Waals surface area contributed by atoms with Crippen LogP contribution >= 0.6 is 0 Å². The average molecular weight is 318 g/mol. The van der Waals surface area contributed by atoms with E-state index in [1.807, 2.05) is 13.8 Å². The van der Waals surface area contributed by atoms with Gasteiger partial charge in [0.2, 0.25) is 0 Å². The SMILES string of the molecule is CCC(C)(C)C(=O)OC12CC3CC(C1)C1CC4(O)CC3C1(C4)C2. The molecule has 1 N–H and O–H groups in total. The summed E-state index contributed by atoms with van der Waals surface area (Å²) in [7, 11) is 0. The van der Waals surface area contributed by atoms with Crippen LogP contribution in [0.4, 0.5) is 0 Å². The monoisotopic (exact) mass is 318 g/mol. The Morgan fingerprint density at radius 2 is 1.74 bits per heavy atom. The van der Waals surface area contributed by atoms with Crippen molar-refractivity contribution in [2.24, 2.45) is 34.5 Å². The van der Waals surface area contributed by atoms with E-state index in [1.54, 1.807) is 0 Å². The number of ether oxygens (including phenoxy) is 1. The first-order valence-electron chi connectivity index (χ1n) is 9.67. The van der Waals surface area contributed by atoms with Crippen molar-refractivity contribution in [3.63, 3.8) is 0 Å². The van der Waals surface area contributed by atoms with Gasteiger partial charge >= 0.3 is 5.97 Å². The predicted molar refractivity (Wildman–Crippen MR) is 86.6 cm³/mol. The van der Waals surface area contributed by atoms with Crippen LogP contribution in [0.3, 0.4) is 0 Å². The number of carbonyl (C=O) groups is 1. The smallest absolute Gasteiger partial charge is 0.312 e. The first kappa shape index (κ1) is 14.7. The second-order valence-corrected chi connectivity index (χ2v) is 10.4. The maximum Gasteiger partial charge on any atom is 0.312 e. The van der Waals surface area contributed by atoms with Crippen LogP contribution in [0.15, 0.2) is 0 Å². The second-order valence-electron chi connectivity index (χ2n) is 10.4. The highest BCUT2D eigenvalue weighted by Gasteiger charge is 2.76. The zero-order valence-corrected chi connectivity index (χ0v) is 14.7. The quantitative estimate of drug-likeness (QED) is 0.807. The minimum absolute atomic E-state index is 0.000967. The molecule has 0 aromatic rings. The summed E-state index contributed by atoms with van der Waals surface area (Å²) in [5.41, 5.74) is -0.676. The van der Waals surface area contributed by atoms with Gasteiger partial charge in [-0.05, 0) is 94.3 Å². The lowest BCUT2D eigenvalue weighted by atomic mass is 9.40. The van der Waals surface area contributed by atoms with Crippen molar-refractivity contribution < 1.29 is 14.6 Å². The molecule has 6 aliphatic rings. The molecule has 0 saturated heterocycles. The van der Waals surface area contributed by atoms with Crippen molar-refractivity contribution in [2.75, 3.05) is 0 Å². The molecule has 0 radical (unpaired) electrons. The van der Waals surface area contributed by atoms with Crippen LogP contribution in [-0.4, -0.2) is 22.3 Å². The van der Waals surface area contributed by atoms with Gasteiger partial charge in [0.05, 0.1) is 11.0 Å². The lowest BCUT2D eigenvalue weighted by Crippen LogP contribution is -2.64. The van der Waals surface area contributed by atoms with Crippen LogP contribution in [-0.2, 0) is 9.53 Å². The molecule has 4 unspecified atom stereocenters. The predicted octanol–water partition coefficient (Wildman–Crippen LogP) is 3.69. The van der Waals surface area contributed by atoms with Gasteiger partial charge in [0.15, 0.2) is 0 Å². The third kappa shape index (κ3) is 1.68. The van der Waals surface area contributed by atoms with Gasteiger partial charge in [0.1, 0.15) is 5.60 Å². The zero-order chi connectivity index (χ0) is 16.3. The summed E-state index contributed by atoms with van der Waals surface area (Å²) in [6.45, 7) is 6.08. The summed E-state index contributed by atoms with van der Waals surface area (Å²) in [5.74, 6) is 2.78. The lowest BCUT2D eigenvalue weighted by Gasteiger charge is -2.67. The van der Waals surface area contributed by atoms with Gasteiger partial charge in [0.25, 0.3) is 0 Å². The fraction of sp³-hybridized carbons (Fsp3) is 0.950. The maximum atomic E-state index is 12.8. The molecule has 0 heterocycles. The van der Waals surface area contributed by atoms with E-state index in [4.69, 9.17) is 4.74 Å². The number of rotatable bonds is 3. The molecule has 6 saturated carbocycles. The van der Waals surface area contributed by atoms with Crippen LogP contribution < -0.4 is 0 Å². The Morgan fingerprint density at radius 1 is 1.13 bits per heavy atom. The molecule has 4 atom stereocenters. The van der Waals surface area contributed by atoms with E-state index < -0.39 is 0 Å². The molecule has 1 spiro atoms. The van der Waals surface area contributed by atoms with Gasteiger partial charge in [-0.1, -0.05) is 6.92 Å². The molecule has 6 aliphatic carbocycles. The van der Waals surface area contributed by atoms with Crippen LogP contribution in [0.1, 0.15) is 72.1 Å². The average Bonchev–Trinajstić information content (AvgIpc) is 2.92. The molecular weight excluding hydrogens is 288 g/mol. The Morgan fingerprint density at radius 3 is 2.30 bits per heavy atom. The molecule has 0 amide bonds. The van der Waals surface area contributed by atoms with Gasteiger partial charge in [0, 0.05) is 0 Å². The summed E-state index contributed by atoms with van der Waals surface area (Å²) in [5, 5.41) is 11.0. The van der Waals surface area contributed by atoms with Crippen molar-refractivity contribution in [1.82, 2.24) is 0 Å². The Hall–Kier alpha value is -0.570. The Balaban J connectivity index is 1.49. The van der Waals surface area contributed by atoms with Gasteiger partial charge < -0.3 is 9.84 Å². The highest BCUT2D eigenvalue weighted by Crippen LogP contribution is 2.79. The Labute approximate surface area is 139 Å². The zero-order valence-electron chi connectivity index (χ0n) is 14.7. The van der Waals surface area contributed by atoms with Crippen LogP contribution in [0.2, 0.25) is 0 Å². The van der Waals surface area contributed by atoms with Crippen LogP contribution in [0.5, 0.6) is 0 Å². The number of hydrogen-bond donors (Lipinski definition) is 1. The third-order valence-corrected chi connectivity index (χ3v) is 8.74. The molecule has 3 heteroatoms. The molecule has 0 aromatic carbocycles. The van der Waals surface area contributed by atoms with E-state index in [0.717, 1.165) is 44.9 Å². The number of carbonyl (C=O) groups excluding carboxylic acids is 1. The molecule has 23 heavy (non-hydrogen) atoms. The molecule has 0 aliphatic heterocycles. The number of fused-ring (bicyclic) bond motifs is 1. The first-order chi connectivity index (χ1) is 10.7. The standard InChI is InChI=1S/C20H30O3/c1-4-17(2,3)16(21)23-19-6-12-5-13(7-19)15-9-18(22)8-14(12)20(15,10-18)11-19/h12-15,22H,4-11H2,1-3H3. The van der Waals surface area contributed by atoms with Crippen molar-refractivity contribution in [3.05, 3.63) is 0 Å². The number of aliphatic hydroxyl groups is 1. The molecule has 6 fully saturated rings. The van der Waals surface area contributed by atoms with E-state index in [1.165, 1.54) is 6.42 Å². The molecule has 0 aromatic heterocycles. The summed E-state index contributed by atoms with van der Waals surface area (Å²) >= 11 is 0. The molecule has 6 rings (SSSR count). The van der Waals surface area contributed by atoms with Gasteiger partial charge in [-0.25, -0.2) is 0 Å². The minimum atomic E-state index is -0.390. The highest BCUT2D eigenvalue weighted by atomic mass is 16.6. The third-order valence-electron chi connectivity index (χ3n) is 8.74. The van der Waals surface area contributed by atoms with E-state index in [9.17, 15) is 9.90 Å².